The summed E-state index contributed by atoms with van der Waals surface area (Å²) in [5, 5.41) is 6.30. The number of nitrogens with one attached hydrogen (secondary N) is 2. The van der Waals surface area contributed by atoms with Gasteiger partial charge in [0.05, 0.1) is 11.6 Å². The van der Waals surface area contributed by atoms with Gasteiger partial charge in [0.15, 0.2) is 0 Å². The molecule has 2 aromatic heterocycles. The summed E-state index contributed by atoms with van der Waals surface area (Å²) < 4.78 is 1.68. The standard InChI is InChI=1S/C16H14N2OS2/c1-10(13-9-21-14-7-3-2-5-11(13)14)18-15(19)12-6-4-8-17-16(12)20/h2-10H,1H3,(H,17,20)(H,18,19)/t10-/m1/s1. The zero-order chi connectivity index (χ0) is 14.8. The van der Waals surface area contributed by atoms with E-state index in [1.54, 1.807) is 29.7 Å². The second-order valence-corrected chi connectivity index (χ2v) is 6.11. The Morgan fingerprint density at radius 1 is 1.29 bits per heavy atom. The average molecular weight is 314 g/mol. The number of hydrogen-bond donors (Lipinski definition) is 2. The SMILES string of the molecule is C[C@@H](NC(=O)c1ccc[nH]c1=S)c1csc2ccccc12. The first kappa shape index (κ1) is 14.0. The number of carbonyl (C=O) groups is 1. The number of benzene rings is 1. The third-order valence-corrected chi connectivity index (χ3v) is 4.71. The van der Waals surface area contributed by atoms with Crippen molar-refractivity contribution in [3.63, 3.8) is 0 Å². The van der Waals surface area contributed by atoms with Crippen LogP contribution in [0.2, 0.25) is 0 Å². The van der Waals surface area contributed by atoms with Gasteiger partial charge in [-0.2, -0.15) is 0 Å². The van der Waals surface area contributed by atoms with Crippen LogP contribution in [0.25, 0.3) is 10.1 Å². The lowest BCUT2D eigenvalue weighted by atomic mass is 10.1. The van der Waals surface area contributed by atoms with Gasteiger partial charge in [0.2, 0.25) is 0 Å². The minimum atomic E-state index is -0.153. The molecule has 0 aliphatic heterocycles. The highest BCUT2D eigenvalue weighted by Crippen LogP contribution is 2.30. The Morgan fingerprint density at radius 2 is 2.10 bits per heavy atom. The Hall–Kier alpha value is -1.98. The minimum Gasteiger partial charge on any atom is -0.352 e. The van der Waals surface area contributed by atoms with Crippen LogP contribution in [0.5, 0.6) is 0 Å². The summed E-state index contributed by atoms with van der Waals surface area (Å²) in [5.74, 6) is -0.153. The summed E-state index contributed by atoms with van der Waals surface area (Å²) in [5.41, 5.74) is 1.63. The molecule has 0 fully saturated rings. The number of fused-ring (bicyclic) bond motifs is 1. The highest BCUT2D eigenvalue weighted by molar-refractivity contribution is 7.71. The van der Waals surface area contributed by atoms with Crippen molar-refractivity contribution < 1.29 is 4.79 Å². The maximum Gasteiger partial charge on any atom is 0.254 e. The topological polar surface area (TPSA) is 44.9 Å². The van der Waals surface area contributed by atoms with Crippen molar-refractivity contribution in [1.82, 2.24) is 10.3 Å². The maximum absolute atomic E-state index is 12.3. The van der Waals surface area contributed by atoms with Crippen LogP contribution in [-0.2, 0) is 0 Å². The molecule has 106 valence electrons. The van der Waals surface area contributed by atoms with Gasteiger partial charge in [0.25, 0.3) is 5.91 Å². The molecule has 0 bridgehead atoms. The van der Waals surface area contributed by atoms with E-state index >= 15 is 0 Å². The molecule has 0 aliphatic rings. The highest BCUT2D eigenvalue weighted by Gasteiger charge is 2.15. The van der Waals surface area contributed by atoms with Crippen LogP contribution in [0.4, 0.5) is 0 Å². The summed E-state index contributed by atoms with van der Waals surface area (Å²) in [4.78, 5) is 15.2. The molecule has 3 aromatic rings. The summed E-state index contributed by atoms with van der Waals surface area (Å²) >= 11 is 6.83. The van der Waals surface area contributed by atoms with E-state index in [4.69, 9.17) is 12.2 Å². The van der Waals surface area contributed by atoms with E-state index in [9.17, 15) is 4.79 Å². The van der Waals surface area contributed by atoms with Gasteiger partial charge in [0.1, 0.15) is 4.64 Å². The molecule has 0 unspecified atom stereocenters. The lowest BCUT2D eigenvalue weighted by Gasteiger charge is -2.13. The Balaban J connectivity index is 1.87. The molecule has 0 saturated heterocycles. The molecule has 3 rings (SSSR count). The molecule has 1 amide bonds. The number of hydrogen-bond acceptors (Lipinski definition) is 3. The smallest absolute Gasteiger partial charge is 0.254 e. The first-order valence-corrected chi connectivity index (χ1v) is 7.90. The monoisotopic (exact) mass is 314 g/mol. The number of carbonyl (C=O) groups excluding carboxylic acids is 1. The van der Waals surface area contributed by atoms with Crippen LogP contribution in [0.15, 0.2) is 48.0 Å². The number of thiophene rings is 1. The number of pyridine rings is 1. The molecule has 1 aromatic carbocycles. The van der Waals surface area contributed by atoms with Crippen molar-refractivity contribution in [1.29, 1.82) is 0 Å². The second kappa shape index (κ2) is 5.79. The van der Waals surface area contributed by atoms with E-state index in [0.29, 0.717) is 10.2 Å². The van der Waals surface area contributed by atoms with Gasteiger partial charge in [-0.25, -0.2) is 0 Å². The fourth-order valence-electron chi connectivity index (χ4n) is 2.29. The molecular formula is C16H14N2OS2. The largest absolute Gasteiger partial charge is 0.352 e. The van der Waals surface area contributed by atoms with Gasteiger partial charge in [-0.3, -0.25) is 4.79 Å². The molecule has 2 heterocycles. The lowest BCUT2D eigenvalue weighted by molar-refractivity contribution is 0.0939. The lowest BCUT2D eigenvalue weighted by Crippen LogP contribution is -2.26. The van der Waals surface area contributed by atoms with Crippen molar-refractivity contribution >= 4 is 39.5 Å². The van der Waals surface area contributed by atoms with E-state index in [2.05, 4.69) is 27.8 Å². The number of aromatic amines is 1. The highest BCUT2D eigenvalue weighted by atomic mass is 32.1. The quantitative estimate of drug-likeness (QED) is 0.702. The van der Waals surface area contributed by atoms with Gasteiger partial charge in [-0.05, 0) is 41.5 Å². The number of aromatic nitrogens is 1. The molecule has 1 atom stereocenters. The zero-order valence-corrected chi connectivity index (χ0v) is 13.1. The third kappa shape index (κ3) is 2.75. The van der Waals surface area contributed by atoms with Gasteiger partial charge in [0, 0.05) is 10.9 Å². The molecular weight excluding hydrogens is 300 g/mol. The number of H-pyrrole nitrogens is 1. The van der Waals surface area contributed by atoms with Gasteiger partial charge in [-0.1, -0.05) is 30.4 Å². The van der Waals surface area contributed by atoms with Gasteiger partial charge < -0.3 is 10.3 Å². The zero-order valence-electron chi connectivity index (χ0n) is 11.4. The number of rotatable bonds is 3. The number of amides is 1. The van der Waals surface area contributed by atoms with Crippen molar-refractivity contribution in [2.24, 2.45) is 0 Å². The van der Waals surface area contributed by atoms with E-state index in [1.807, 2.05) is 19.1 Å². The van der Waals surface area contributed by atoms with Gasteiger partial charge >= 0.3 is 0 Å². The predicted octanol–water partition coefficient (Wildman–Crippen LogP) is 4.45. The molecule has 5 heteroatoms. The average Bonchev–Trinajstić information content (AvgIpc) is 2.91. The van der Waals surface area contributed by atoms with Gasteiger partial charge in [-0.15, -0.1) is 11.3 Å². The van der Waals surface area contributed by atoms with Crippen LogP contribution >= 0.6 is 23.6 Å². The molecule has 0 radical (unpaired) electrons. The van der Waals surface area contributed by atoms with E-state index in [0.717, 1.165) is 5.56 Å². The fourth-order valence-corrected chi connectivity index (χ4v) is 3.57. The van der Waals surface area contributed by atoms with Crippen LogP contribution in [-0.4, -0.2) is 10.9 Å². The Morgan fingerprint density at radius 3 is 2.90 bits per heavy atom. The maximum atomic E-state index is 12.3. The normalized spacial score (nSPS) is 12.2. The molecule has 0 saturated carbocycles. The van der Waals surface area contributed by atoms with E-state index < -0.39 is 0 Å². The first-order chi connectivity index (χ1) is 10.2. The molecule has 2 N–H and O–H groups in total. The fraction of sp³-hybridized carbons (Fsp3) is 0.125. The van der Waals surface area contributed by atoms with Crippen LogP contribution < -0.4 is 5.32 Å². The minimum absolute atomic E-state index is 0.0664. The molecule has 0 spiro atoms. The van der Waals surface area contributed by atoms with Crippen molar-refractivity contribution in [2.45, 2.75) is 13.0 Å². The van der Waals surface area contributed by atoms with Crippen LogP contribution in [0, 0.1) is 4.64 Å². The van der Waals surface area contributed by atoms with Crippen molar-refractivity contribution in [3.8, 4) is 0 Å². The summed E-state index contributed by atoms with van der Waals surface area (Å²) in [6.45, 7) is 1.99. The van der Waals surface area contributed by atoms with Crippen LogP contribution in [0.3, 0.4) is 0 Å². The Bertz CT molecular complexity index is 850. The summed E-state index contributed by atoms with van der Waals surface area (Å²) in [6, 6.07) is 11.6. The first-order valence-electron chi connectivity index (χ1n) is 6.61. The van der Waals surface area contributed by atoms with Crippen LogP contribution in [0.1, 0.15) is 28.9 Å². The predicted molar refractivity (Wildman–Crippen MR) is 89.3 cm³/mol. The molecule has 3 nitrogen and oxygen atoms in total. The Kier molecular flexibility index (Phi) is 3.86. The third-order valence-electron chi connectivity index (χ3n) is 3.39. The summed E-state index contributed by atoms with van der Waals surface area (Å²) in [7, 11) is 0. The second-order valence-electron chi connectivity index (χ2n) is 4.80. The molecule has 21 heavy (non-hydrogen) atoms. The van der Waals surface area contributed by atoms with Crippen molar-refractivity contribution in [2.75, 3.05) is 0 Å². The van der Waals surface area contributed by atoms with E-state index in [-0.39, 0.29) is 11.9 Å². The van der Waals surface area contributed by atoms with Crippen molar-refractivity contribution in [3.05, 3.63) is 63.7 Å². The molecule has 0 aliphatic carbocycles. The Labute approximate surface area is 131 Å². The summed E-state index contributed by atoms with van der Waals surface area (Å²) in [6.07, 6.45) is 1.72. The van der Waals surface area contributed by atoms with E-state index in [1.165, 1.54) is 10.1 Å².